The van der Waals surface area contributed by atoms with Gasteiger partial charge >= 0.3 is 12.3 Å². The van der Waals surface area contributed by atoms with Crippen LogP contribution in [0.4, 0.5) is 23.7 Å². The lowest BCUT2D eigenvalue weighted by Crippen LogP contribution is -2.31. The number of carbonyl (C=O) groups excluding carboxylic acids is 2. The van der Waals surface area contributed by atoms with Crippen molar-refractivity contribution in [2.45, 2.75) is 12.6 Å². The molecular weight excluding hydrogens is 401 g/mol. The van der Waals surface area contributed by atoms with Crippen LogP contribution in [-0.2, 0) is 9.53 Å². The van der Waals surface area contributed by atoms with Gasteiger partial charge in [-0.3, -0.25) is 4.79 Å². The van der Waals surface area contributed by atoms with Crippen LogP contribution >= 0.6 is 11.6 Å². The highest BCUT2D eigenvalue weighted by molar-refractivity contribution is 6.32. The lowest BCUT2D eigenvalue weighted by molar-refractivity contribution is -0.160. The molecule has 0 aromatic heterocycles. The number of rotatable bonds is 7. The normalized spacial score (nSPS) is 10.9. The number of hydrogen-bond acceptors (Lipinski definition) is 4. The van der Waals surface area contributed by atoms with Gasteiger partial charge in [0.1, 0.15) is 11.5 Å². The Morgan fingerprint density at radius 3 is 2.36 bits per heavy atom. The first-order valence-electron chi connectivity index (χ1n) is 8.02. The van der Waals surface area contributed by atoms with E-state index in [9.17, 15) is 22.8 Å². The smallest absolute Gasteiger partial charge is 0.422 e. The number of ether oxygens (including phenoxy) is 2. The fraction of sp³-hybridized carbons (Fsp3) is 0.222. The van der Waals surface area contributed by atoms with Crippen LogP contribution in [0.2, 0.25) is 5.02 Å². The number of halogens is 4. The Morgan fingerprint density at radius 1 is 1.04 bits per heavy atom. The minimum Gasteiger partial charge on any atom is -0.456 e. The van der Waals surface area contributed by atoms with Crippen LogP contribution in [0.5, 0.6) is 11.5 Å². The molecule has 0 spiro atoms. The first-order valence-corrected chi connectivity index (χ1v) is 8.40. The molecule has 0 fully saturated rings. The lowest BCUT2D eigenvalue weighted by atomic mass is 10.3. The van der Waals surface area contributed by atoms with Gasteiger partial charge in [-0.1, -0.05) is 23.7 Å². The number of para-hydroxylation sites is 1. The Morgan fingerprint density at radius 2 is 1.71 bits per heavy atom. The Bertz CT molecular complexity index is 813. The second-order valence-corrected chi connectivity index (χ2v) is 5.88. The van der Waals surface area contributed by atoms with Gasteiger partial charge in [0, 0.05) is 18.7 Å². The fourth-order valence-electron chi connectivity index (χ4n) is 1.96. The van der Waals surface area contributed by atoms with Crippen molar-refractivity contribution in [2.75, 3.05) is 18.5 Å². The standard InChI is InChI=1S/C18H16ClF3N2O4/c19-14-3-1-2-4-15(14)28-13-7-5-12(6-8-13)24-16(25)9-10-23-17(26)27-11-18(20,21)22/h1-8H,9-11H2,(H,23,26)(H,24,25). The summed E-state index contributed by atoms with van der Waals surface area (Å²) in [6, 6.07) is 13.4. The molecule has 6 nitrogen and oxygen atoms in total. The van der Waals surface area contributed by atoms with Gasteiger partial charge in [-0.25, -0.2) is 4.79 Å². The van der Waals surface area contributed by atoms with Gasteiger partial charge in [0.2, 0.25) is 5.91 Å². The maximum Gasteiger partial charge on any atom is 0.422 e. The molecule has 0 aliphatic carbocycles. The van der Waals surface area contributed by atoms with Gasteiger partial charge in [-0.2, -0.15) is 13.2 Å². The maximum atomic E-state index is 11.9. The second-order valence-electron chi connectivity index (χ2n) is 5.47. The minimum absolute atomic E-state index is 0.140. The lowest BCUT2D eigenvalue weighted by Gasteiger charge is -2.10. The third kappa shape index (κ3) is 7.75. The molecule has 2 N–H and O–H groups in total. The van der Waals surface area contributed by atoms with Gasteiger partial charge in [0.15, 0.2) is 6.61 Å². The Labute approximate surface area is 163 Å². The molecule has 28 heavy (non-hydrogen) atoms. The third-order valence-electron chi connectivity index (χ3n) is 3.19. The zero-order valence-corrected chi connectivity index (χ0v) is 15.1. The largest absolute Gasteiger partial charge is 0.456 e. The number of carbonyl (C=O) groups is 2. The maximum absolute atomic E-state index is 11.9. The van der Waals surface area contributed by atoms with Crippen LogP contribution in [0, 0.1) is 0 Å². The van der Waals surface area contributed by atoms with E-state index in [1.807, 2.05) is 0 Å². The van der Waals surface area contributed by atoms with Crippen molar-refractivity contribution in [1.29, 1.82) is 0 Å². The monoisotopic (exact) mass is 416 g/mol. The highest BCUT2D eigenvalue weighted by atomic mass is 35.5. The Balaban J connectivity index is 1.74. The predicted octanol–water partition coefficient (Wildman–Crippen LogP) is 4.75. The Kier molecular flexibility index (Phi) is 7.51. The van der Waals surface area contributed by atoms with E-state index in [0.29, 0.717) is 22.2 Å². The van der Waals surface area contributed by atoms with Crippen LogP contribution in [-0.4, -0.2) is 31.3 Å². The number of benzene rings is 2. The molecule has 0 saturated heterocycles. The third-order valence-corrected chi connectivity index (χ3v) is 3.50. The zero-order valence-electron chi connectivity index (χ0n) is 14.4. The molecule has 0 unspecified atom stereocenters. The summed E-state index contributed by atoms with van der Waals surface area (Å²) in [6.07, 6.45) is -5.98. The van der Waals surface area contributed by atoms with E-state index in [0.717, 1.165) is 0 Å². The van der Waals surface area contributed by atoms with Crippen molar-refractivity contribution < 1.29 is 32.2 Å². The van der Waals surface area contributed by atoms with Gasteiger partial charge in [-0.05, 0) is 36.4 Å². The first kappa shape index (κ1) is 21.4. The first-order chi connectivity index (χ1) is 13.2. The number of anilines is 1. The van der Waals surface area contributed by atoms with Crippen LogP contribution in [0.1, 0.15) is 6.42 Å². The SMILES string of the molecule is O=C(CCNC(=O)OCC(F)(F)F)Nc1ccc(Oc2ccccc2Cl)cc1. The Hall–Kier alpha value is -2.94. The summed E-state index contributed by atoms with van der Waals surface area (Å²) in [6.45, 7) is -1.86. The van der Waals surface area contributed by atoms with E-state index < -0.39 is 24.8 Å². The highest BCUT2D eigenvalue weighted by Gasteiger charge is 2.29. The molecule has 2 rings (SSSR count). The molecule has 150 valence electrons. The summed E-state index contributed by atoms with van der Waals surface area (Å²) < 4.78 is 45.3. The van der Waals surface area contributed by atoms with Gasteiger partial charge in [0.25, 0.3) is 0 Å². The summed E-state index contributed by atoms with van der Waals surface area (Å²) in [5, 5.41) is 5.10. The summed E-state index contributed by atoms with van der Waals surface area (Å²) in [5.41, 5.74) is 0.483. The molecule has 2 aromatic carbocycles. The summed E-state index contributed by atoms with van der Waals surface area (Å²) in [4.78, 5) is 22.9. The van der Waals surface area contributed by atoms with E-state index in [-0.39, 0.29) is 13.0 Å². The molecule has 0 radical (unpaired) electrons. The molecule has 2 aromatic rings. The molecule has 0 aliphatic heterocycles. The number of alkyl carbamates (subject to hydrolysis) is 1. The van der Waals surface area contributed by atoms with Gasteiger partial charge in [0.05, 0.1) is 5.02 Å². The van der Waals surface area contributed by atoms with E-state index >= 15 is 0 Å². The van der Waals surface area contributed by atoms with E-state index in [1.165, 1.54) is 0 Å². The van der Waals surface area contributed by atoms with Crippen molar-refractivity contribution in [3.63, 3.8) is 0 Å². The van der Waals surface area contributed by atoms with Crippen LogP contribution in [0.15, 0.2) is 48.5 Å². The zero-order chi connectivity index (χ0) is 20.6. The highest BCUT2D eigenvalue weighted by Crippen LogP contribution is 2.29. The average Bonchev–Trinajstić information content (AvgIpc) is 2.63. The van der Waals surface area contributed by atoms with E-state index in [4.69, 9.17) is 16.3 Å². The molecule has 2 amide bonds. The van der Waals surface area contributed by atoms with Crippen LogP contribution in [0.3, 0.4) is 0 Å². The summed E-state index contributed by atoms with van der Waals surface area (Å²) in [5.74, 6) is 0.570. The van der Waals surface area contributed by atoms with Crippen molar-refractivity contribution >= 4 is 29.3 Å². The van der Waals surface area contributed by atoms with Crippen LogP contribution in [0.25, 0.3) is 0 Å². The molecule has 0 heterocycles. The van der Waals surface area contributed by atoms with Crippen molar-refractivity contribution in [2.24, 2.45) is 0 Å². The molecule has 10 heteroatoms. The van der Waals surface area contributed by atoms with Crippen LogP contribution < -0.4 is 15.4 Å². The number of amides is 2. The number of alkyl halides is 3. The van der Waals surface area contributed by atoms with Gasteiger partial charge in [-0.15, -0.1) is 0 Å². The number of hydrogen-bond donors (Lipinski definition) is 2. The van der Waals surface area contributed by atoms with Crippen molar-refractivity contribution in [3.8, 4) is 11.5 Å². The number of nitrogens with one attached hydrogen (secondary N) is 2. The summed E-state index contributed by atoms with van der Waals surface area (Å²) >= 11 is 6.01. The quantitative estimate of drug-likeness (QED) is 0.683. The topological polar surface area (TPSA) is 76.7 Å². The van der Waals surface area contributed by atoms with Crippen molar-refractivity contribution in [1.82, 2.24) is 5.32 Å². The van der Waals surface area contributed by atoms with E-state index in [1.54, 1.807) is 48.5 Å². The van der Waals surface area contributed by atoms with Gasteiger partial charge < -0.3 is 20.1 Å². The second kappa shape index (κ2) is 9.84. The molecular formula is C18H16ClF3N2O4. The molecule has 0 atom stereocenters. The molecule has 0 bridgehead atoms. The van der Waals surface area contributed by atoms with Crippen molar-refractivity contribution in [3.05, 3.63) is 53.6 Å². The molecule has 0 aliphatic rings. The minimum atomic E-state index is -4.60. The molecule has 0 saturated carbocycles. The predicted molar refractivity (Wildman–Crippen MR) is 96.6 cm³/mol. The fourth-order valence-corrected chi connectivity index (χ4v) is 2.14. The van der Waals surface area contributed by atoms with E-state index in [2.05, 4.69) is 15.4 Å². The average molecular weight is 417 g/mol. The summed E-state index contributed by atoms with van der Waals surface area (Å²) in [7, 11) is 0.